The Morgan fingerprint density at radius 2 is 2.25 bits per heavy atom. The highest BCUT2D eigenvalue weighted by Crippen LogP contribution is 2.11. The molecule has 1 aliphatic heterocycles. The van der Waals surface area contributed by atoms with Crippen molar-refractivity contribution in [2.24, 2.45) is 0 Å². The standard InChI is InChI=1S/C9H17NO4S2/c1-2-13-4-5-14-9(15)10-8-3-6-16(11,12)7-8/h8H,2-7H2,1H3,(H,10,15). The minimum absolute atomic E-state index is 0.107. The molecule has 1 fully saturated rings. The molecule has 16 heavy (non-hydrogen) atoms. The second kappa shape index (κ2) is 6.36. The van der Waals surface area contributed by atoms with Crippen molar-refractivity contribution in [2.45, 2.75) is 19.4 Å². The van der Waals surface area contributed by atoms with Gasteiger partial charge in [0.25, 0.3) is 5.17 Å². The highest BCUT2D eigenvalue weighted by atomic mass is 32.2. The third-order valence-electron chi connectivity index (χ3n) is 2.22. The van der Waals surface area contributed by atoms with Crippen LogP contribution in [-0.2, 0) is 19.3 Å². The van der Waals surface area contributed by atoms with Crippen LogP contribution in [0.4, 0.5) is 0 Å². The first-order chi connectivity index (χ1) is 7.53. The van der Waals surface area contributed by atoms with E-state index < -0.39 is 9.84 Å². The first-order valence-corrected chi connectivity index (χ1v) is 7.48. The first-order valence-electron chi connectivity index (χ1n) is 5.25. The maximum atomic E-state index is 11.2. The van der Waals surface area contributed by atoms with E-state index in [2.05, 4.69) is 5.32 Å². The summed E-state index contributed by atoms with van der Waals surface area (Å²) in [4.78, 5) is 0. The Hall–Kier alpha value is -0.400. The molecule has 0 saturated carbocycles. The molecule has 1 heterocycles. The van der Waals surface area contributed by atoms with Crippen LogP contribution in [0, 0.1) is 0 Å². The summed E-state index contributed by atoms with van der Waals surface area (Å²) < 4.78 is 32.6. The zero-order chi connectivity index (χ0) is 12.0. The summed E-state index contributed by atoms with van der Waals surface area (Å²) in [5.41, 5.74) is 0. The van der Waals surface area contributed by atoms with Crippen molar-refractivity contribution in [1.29, 1.82) is 0 Å². The molecule has 1 N–H and O–H groups in total. The summed E-state index contributed by atoms with van der Waals surface area (Å²) in [6.07, 6.45) is 0.595. The van der Waals surface area contributed by atoms with Crippen LogP contribution in [0.1, 0.15) is 13.3 Å². The van der Waals surface area contributed by atoms with Gasteiger partial charge in [-0.1, -0.05) is 0 Å². The molecular weight excluding hydrogens is 250 g/mol. The molecule has 1 saturated heterocycles. The van der Waals surface area contributed by atoms with E-state index in [0.717, 1.165) is 0 Å². The third-order valence-corrected chi connectivity index (χ3v) is 4.22. The quantitative estimate of drug-likeness (QED) is 0.563. The Kier molecular flexibility index (Phi) is 5.43. The van der Waals surface area contributed by atoms with Gasteiger partial charge < -0.3 is 14.8 Å². The number of hydrogen-bond donors (Lipinski definition) is 1. The van der Waals surface area contributed by atoms with Crippen molar-refractivity contribution >= 4 is 27.2 Å². The van der Waals surface area contributed by atoms with Gasteiger partial charge in [-0.05, 0) is 25.6 Å². The molecule has 7 heteroatoms. The van der Waals surface area contributed by atoms with Gasteiger partial charge in [-0.3, -0.25) is 0 Å². The lowest BCUT2D eigenvalue weighted by atomic mass is 10.3. The number of nitrogens with one attached hydrogen (secondary N) is 1. The molecule has 1 atom stereocenters. The predicted molar refractivity (Wildman–Crippen MR) is 65.2 cm³/mol. The van der Waals surface area contributed by atoms with Crippen LogP contribution in [-0.4, -0.2) is 51.0 Å². The van der Waals surface area contributed by atoms with Crippen LogP contribution >= 0.6 is 12.2 Å². The van der Waals surface area contributed by atoms with Gasteiger partial charge in [-0.15, -0.1) is 0 Å². The Balaban J connectivity index is 2.15. The molecule has 1 aliphatic rings. The highest BCUT2D eigenvalue weighted by Gasteiger charge is 2.28. The maximum absolute atomic E-state index is 11.2. The monoisotopic (exact) mass is 267 g/mol. The summed E-state index contributed by atoms with van der Waals surface area (Å²) in [5, 5.41) is 3.14. The molecular formula is C9H17NO4S2. The molecule has 0 aromatic heterocycles. The molecule has 0 amide bonds. The van der Waals surface area contributed by atoms with Gasteiger partial charge in [0.1, 0.15) is 6.61 Å². The van der Waals surface area contributed by atoms with Crippen LogP contribution in [0.5, 0.6) is 0 Å². The largest absolute Gasteiger partial charge is 0.469 e. The fraction of sp³-hybridized carbons (Fsp3) is 0.889. The number of rotatable bonds is 5. The second-order valence-electron chi connectivity index (χ2n) is 3.58. The van der Waals surface area contributed by atoms with Gasteiger partial charge in [0.05, 0.1) is 18.1 Å². The van der Waals surface area contributed by atoms with Gasteiger partial charge in [0.2, 0.25) is 0 Å². The van der Waals surface area contributed by atoms with E-state index in [-0.39, 0.29) is 22.7 Å². The van der Waals surface area contributed by atoms with Gasteiger partial charge in [0, 0.05) is 12.6 Å². The first kappa shape index (κ1) is 13.7. The smallest absolute Gasteiger partial charge is 0.256 e. The van der Waals surface area contributed by atoms with E-state index in [1.54, 1.807) is 0 Å². The lowest BCUT2D eigenvalue weighted by molar-refractivity contribution is 0.105. The number of sulfone groups is 1. The molecule has 5 nitrogen and oxygen atoms in total. The van der Waals surface area contributed by atoms with E-state index >= 15 is 0 Å². The van der Waals surface area contributed by atoms with Gasteiger partial charge in [0.15, 0.2) is 9.84 Å². The minimum Gasteiger partial charge on any atom is -0.469 e. The summed E-state index contributed by atoms with van der Waals surface area (Å²) >= 11 is 4.93. The van der Waals surface area contributed by atoms with E-state index in [9.17, 15) is 8.42 Å². The molecule has 1 unspecified atom stereocenters. The van der Waals surface area contributed by atoms with E-state index in [0.29, 0.717) is 26.2 Å². The van der Waals surface area contributed by atoms with Gasteiger partial charge >= 0.3 is 0 Å². The Morgan fingerprint density at radius 3 is 2.81 bits per heavy atom. The molecule has 0 aromatic rings. The Morgan fingerprint density at radius 1 is 1.50 bits per heavy atom. The highest BCUT2D eigenvalue weighted by molar-refractivity contribution is 7.91. The lowest BCUT2D eigenvalue weighted by Crippen LogP contribution is -2.36. The maximum Gasteiger partial charge on any atom is 0.256 e. The van der Waals surface area contributed by atoms with Crippen LogP contribution in [0.3, 0.4) is 0 Å². The summed E-state index contributed by atoms with van der Waals surface area (Å²) in [6.45, 7) is 3.42. The average Bonchev–Trinajstić information content (AvgIpc) is 2.53. The normalized spacial score (nSPS) is 22.9. The van der Waals surface area contributed by atoms with E-state index in [1.165, 1.54) is 0 Å². The Labute approximate surface area is 101 Å². The van der Waals surface area contributed by atoms with Crippen molar-refractivity contribution in [1.82, 2.24) is 5.32 Å². The zero-order valence-corrected chi connectivity index (χ0v) is 10.9. The lowest BCUT2D eigenvalue weighted by Gasteiger charge is -2.13. The van der Waals surface area contributed by atoms with Crippen molar-refractivity contribution in [3.8, 4) is 0 Å². The molecule has 0 aromatic carbocycles. The SMILES string of the molecule is CCOCCOC(=S)NC1CCS(=O)(=O)C1. The summed E-state index contributed by atoms with van der Waals surface area (Å²) in [7, 11) is -2.87. The molecule has 0 radical (unpaired) electrons. The Bertz CT molecular complexity index is 328. The fourth-order valence-corrected chi connectivity index (χ4v) is 3.38. The fourth-order valence-electron chi connectivity index (χ4n) is 1.45. The third kappa shape index (κ3) is 5.09. The average molecular weight is 267 g/mol. The number of thiocarbonyl (C=S) groups is 1. The number of ether oxygens (including phenoxy) is 2. The van der Waals surface area contributed by atoms with E-state index in [1.807, 2.05) is 6.92 Å². The van der Waals surface area contributed by atoms with Gasteiger partial charge in [-0.25, -0.2) is 8.42 Å². The molecule has 0 bridgehead atoms. The zero-order valence-electron chi connectivity index (χ0n) is 9.27. The molecule has 0 spiro atoms. The summed E-state index contributed by atoms with van der Waals surface area (Å²) in [6, 6.07) is -0.107. The van der Waals surface area contributed by atoms with Crippen LogP contribution in [0.25, 0.3) is 0 Å². The van der Waals surface area contributed by atoms with Crippen LogP contribution in [0.15, 0.2) is 0 Å². The topological polar surface area (TPSA) is 64.6 Å². The van der Waals surface area contributed by atoms with Gasteiger partial charge in [-0.2, -0.15) is 0 Å². The van der Waals surface area contributed by atoms with Crippen molar-refractivity contribution in [3.05, 3.63) is 0 Å². The second-order valence-corrected chi connectivity index (χ2v) is 6.18. The van der Waals surface area contributed by atoms with Crippen molar-refractivity contribution < 1.29 is 17.9 Å². The number of hydrogen-bond acceptors (Lipinski definition) is 5. The predicted octanol–water partition coefficient (Wildman–Crippen LogP) is 0.101. The van der Waals surface area contributed by atoms with Crippen molar-refractivity contribution in [3.63, 3.8) is 0 Å². The molecule has 0 aliphatic carbocycles. The summed E-state index contributed by atoms with van der Waals surface area (Å²) in [5.74, 6) is 0.369. The van der Waals surface area contributed by atoms with Crippen LogP contribution in [0.2, 0.25) is 0 Å². The van der Waals surface area contributed by atoms with Crippen LogP contribution < -0.4 is 5.32 Å². The minimum atomic E-state index is -2.87. The molecule has 94 valence electrons. The molecule has 1 rings (SSSR count). The van der Waals surface area contributed by atoms with E-state index in [4.69, 9.17) is 21.7 Å². The van der Waals surface area contributed by atoms with Crippen molar-refractivity contribution in [2.75, 3.05) is 31.3 Å².